The summed E-state index contributed by atoms with van der Waals surface area (Å²) in [5, 5.41) is 2.93. The molecule has 5 heteroatoms. The van der Waals surface area contributed by atoms with Gasteiger partial charge in [0.1, 0.15) is 5.75 Å². The second-order valence-corrected chi connectivity index (χ2v) is 6.12. The Morgan fingerprint density at radius 2 is 2.00 bits per heavy atom. The number of carbonyl (C=O) groups is 2. The van der Waals surface area contributed by atoms with E-state index >= 15 is 0 Å². The first-order chi connectivity index (χ1) is 10.5. The molecule has 0 radical (unpaired) electrons. The van der Waals surface area contributed by atoms with Crippen molar-refractivity contribution < 1.29 is 14.3 Å². The number of nitrogens with one attached hydrogen (secondary N) is 1. The molecule has 0 aliphatic heterocycles. The van der Waals surface area contributed by atoms with Crippen LogP contribution >= 0.6 is 0 Å². The van der Waals surface area contributed by atoms with Crippen LogP contribution in [-0.2, 0) is 4.79 Å². The van der Waals surface area contributed by atoms with Gasteiger partial charge in [-0.3, -0.25) is 9.59 Å². The van der Waals surface area contributed by atoms with Crippen LogP contribution in [0.25, 0.3) is 0 Å². The van der Waals surface area contributed by atoms with Gasteiger partial charge in [-0.15, -0.1) is 0 Å². The lowest BCUT2D eigenvalue weighted by Crippen LogP contribution is -2.34. The highest BCUT2D eigenvalue weighted by atomic mass is 16.5. The van der Waals surface area contributed by atoms with Crippen molar-refractivity contribution in [1.29, 1.82) is 0 Å². The number of hydrogen-bond donors (Lipinski definition) is 2. The molecule has 0 bridgehead atoms. The second kappa shape index (κ2) is 7.82. The summed E-state index contributed by atoms with van der Waals surface area (Å²) in [7, 11) is 0. The van der Waals surface area contributed by atoms with E-state index in [4.69, 9.17) is 10.5 Å². The Morgan fingerprint density at radius 1 is 1.27 bits per heavy atom. The number of primary amides is 1. The lowest BCUT2D eigenvalue weighted by molar-refractivity contribution is -0.123. The van der Waals surface area contributed by atoms with Crippen molar-refractivity contribution in [3.63, 3.8) is 0 Å². The van der Waals surface area contributed by atoms with Crippen molar-refractivity contribution >= 4 is 11.8 Å². The summed E-state index contributed by atoms with van der Waals surface area (Å²) in [5.41, 5.74) is 5.58. The van der Waals surface area contributed by atoms with Gasteiger partial charge in [0.05, 0.1) is 0 Å². The Kier molecular flexibility index (Phi) is 5.81. The maximum absolute atomic E-state index is 11.8. The van der Waals surface area contributed by atoms with Crippen LogP contribution in [0.5, 0.6) is 5.75 Å². The number of carbonyl (C=O) groups excluding carboxylic acids is 2. The number of amides is 2. The van der Waals surface area contributed by atoms with E-state index < -0.39 is 5.91 Å². The van der Waals surface area contributed by atoms with Crippen molar-refractivity contribution in [2.45, 2.75) is 32.6 Å². The predicted molar refractivity (Wildman–Crippen MR) is 84.6 cm³/mol. The lowest BCUT2D eigenvalue weighted by Gasteiger charge is -2.26. The third-order valence-electron chi connectivity index (χ3n) is 4.14. The van der Waals surface area contributed by atoms with Gasteiger partial charge < -0.3 is 15.8 Å². The average Bonchev–Trinajstić information content (AvgIpc) is 2.51. The fraction of sp³-hybridized carbons (Fsp3) is 0.529. The number of nitrogens with two attached hydrogens (primary N) is 1. The summed E-state index contributed by atoms with van der Waals surface area (Å²) in [5.74, 6) is 1.30. The van der Waals surface area contributed by atoms with Gasteiger partial charge >= 0.3 is 0 Å². The summed E-state index contributed by atoms with van der Waals surface area (Å²) >= 11 is 0. The normalized spacial score (nSPS) is 21.1. The molecule has 1 fully saturated rings. The molecule has 1 aliphatic rings. The molecule has 3 N–H and O–H groups in total. The van der Waals surface area contributed by atoms with E-state index in [9.17, 15) is 9.59 Å². The topological polar surface area (TPSA) is 81.4 Å². The molecule has 0 spiro atoms. The molecule has 1 aromatic rings. The van der Waals surface area contributed by atoms with E-state index in [2.05, 4.69) is 12.2 Å². The Hall–Kier alpha value is -2.04. The quantitative estimate of drug-likeness (QED) is 0.844. The van der Waals surface area contributed by atoms with Gasteiger partial charge in [0.25, 0.3) is 5.91 Å². The zero-order chi connectivity index (χ0) is 15.9. The van der Waals surface area contributed by atoms with Crippen LogP contribution in [0, 0.1) is 11.8 Å². The molecular weight excluding hydrogens is 280 g/mol. The largest absolute Gasteiger partial charge is 0.484 e. The molecule has 1 aromatic carbocycles. The zero-order valence-corrected chi connectivity index (χ0v) is 13.0. The third kappa shape index (κ3) is 5.06. The summed E-state index contributed by atoms with van der Waals surface area (Å²) in [6.45, 7) is 2.98. The van der Waals surface area contributed by atoms with Gasteiger partial charge in [-0.1, -0.05) is 19.8 Å². The Labute approximate surface area is 131 Å². The molecule has 0 unspecified atom stereocenters. The number of hydrogen-bond acceptors (Lipinski definition) is 3. The van der Waals surface area contributed by atoms with Crippen LogP contribution in [0.3, 0.4) is 0 Å². The van der Waals surface area contributed by atoms with Gasteiger partial charge in [-0.2, -0.15) is 0 Å². The van der Waals surface area contributed by atoms with E-state index in [0.29, 0.717) is 17.2 Å². The summed E-state index contributed by atoms with van der Waals surface area (Å²) < 4.78 is 5.40. The van der Waals surface area contributed by atoms with Gasteiger partial charge in [0.15, 0.2) is 6.61 Å². The van der Waals surface area contributed by atoms with Gasteiger partial charge in [0.2, 0.25) is 5.91 Å². The minimum atomic E-state index is -0.481. The second-order valence-electron chi connectivity index (χ2n) is 6.12. The Balaban J connectivity index is 1.70. The molecule has 22 heavy (non-hydrogen) atoms. The van der Waals surface area contributed by atoms with Crippen molar-refractivity contribution in [3.05, 3.63) is 29.8 Å². The SMILES string of the molecule is C[C@@H]1CCC[C@H](CNC(=O)COc2ccc(C(N)=O)cc2)C1. The van der Waals surface area contributed by atoms with Crippen molar-refractivity contribution in [2.24, 2.45) is 17.6 Å². The molecule has 1 saturated carbocycles. The van der Waals surface area contributed by atoms with Crippen molar-refractivity contribution in [2.75, 3.05) is 13.2 Å². The molecule has 0 heterocycles. The first kappa shape index (κ1) is 16.3. The molecule has 0 aromatic heterocycles. The highest BCUT2D eigenvalue weighted by molar-refractivity contribution is 5.92. The highest BCUT2D eigenvalue weighted by Gasteiger charge is 2.19. The van der Waals surface area contributed by atoms with Crippen LogP contribution in [-0.4, -0.2) is 25.0 Å². The van der Waals surface area contributed by atoms with Crippen molar-refractivity contribution in [3.8, 4) is 5.75 Å². The molecule has 2 atom stereocenters. The predicted octanol–water partition coefficient (Wildman–Crippen LogP) is 2.11. The highest BCUT2D eigenvalue weighted by Crippen LogP contribution is 2.27. The molecule has 1 aliphatic carbocycles. The van der Waals surface area contributed by atoms with Crippen LogP contribution in [0.1, 0.15) is 43.0 Å². The fourth-order valence-electron chi connectivity index (χ4n) is 2.92. The van der Waals surface area contributed by atoms with E-state index in [-0.39, 0.29) is 12.5 Å². The summed E-state index contributed by atoms with van der Waals surface area (Å²) in [4.78, 5) is 22.8. The van der Waals surface area contributed by atoms with E-state index in [1.165, 1.54) is 25.7 Å². The minimum Gasteiger partial charge on any atom is -0.484 e. The van der Waals surface area contributed by atoms with E-state index in [1.54, 1.807) is 24.3 Å². The summed E-state index contributed by atoms with van der Waals surface area (Å²) in [6.07, 6.45) is 4.94. The van der Waals surface area contributed by atoms with Crippen LogP contribution in [0.4, 0.5) is 0 Å². The molecule has 0 saturated heterocycles. The molecule has 2 amide bonds. The molecular formula is C17H24N2O3. The number of rotatable bonds is 6. The third-order valence-corrected chi connectivity index (χ3v) is 4.14. The maximum atomic E-state index is 11.8. The van der Waals surface area contributed by atoms with Crippen LogP contribution in [0.15, 0.2) is 24.3 Å². The van der Waals surface area contributed by atoms with Crippen LogP contribution in [0.2, 0.25) is 0 Å². The zero-order valence-electron chi connectivity index (χ0n) is 13.0. The van der Waals surface area contributed by atoms with E-state index in [1.807, 2.05) is 0 Å². The van der Waals surface area contributed by atoms with Crippen molar-refractivity contribution in [1.82, 2.24) is 5.32 Å². The number of benzene rings is 1. The minimum absolute atomic E-state index is 0.0157. The number of ether oxygens (including phenoxy) is 1. The van der Waals surface area contributed by atoms with Gasteiger partial charge in [0, 0.05) is 12.1 Å². The first-order valence-corrected chi connectivity index (χ1v) is 7.84. The summed E-state index contributed by atoms with van der Waals surface area (Å²) in [6, 6.07) is 6.43. The maximum Gasteiger partial charge on any atom is 0.257 e. The van der Waals surface area contributed by atoms with Gasteiger partial charge in [-0.25, -0.2) is 0 Å². The first-order valence-electron chi connectivity index (χ1n) is 7.84. The van der Waals surface area contributed by atoms with Crippen LogP contribution < -0.4 is 15.8 Å². The Morgan fingerprint density at radius 3 is 2.64 bits per heavy atom. The molecule has 5 nitrogen and oxygen atoms in total. The molecule has 2 rings (SSSR count). The average molecular weight is 304 g/mol. The standard InChI is InChI=1S/C17H24N2O3/c1-12-3-2-4-13(9-12)10-19-16(20)11-22-15-7-5-14(6-8-15)17(18)21/h5-8,12-13H,2-4,9-11H2,1H3,(H2,18,21)(H,19,20)/t12-,13+/m1/s1. The van der Waals surface area contributed by atoms with Gasteiger partial charge in [-0.05, 0) is 48.9 Å². The fourth-order valence-corrected chi connectivity index (χ4v) is 2.92. The Bertz CT molecular complexity index is 513. The monoisotopic (exact) mass is 304 g/mol. The smallest absolute Gasteiger partial charge is 0.257 e. The molecule has 120 valence electrons. The lowest BCUT2D eigenvalue weighted by atomic mass is 9.82. The van der Waals surface area contributed by atoms with E-state index in [0.717, 1.165) is 12.5 Å².